The van der Waals surface area contributed by atoms with E-state index < -0.39 is 0 Å². The fraction of sp³-hybridized carbons (Fsp3) is 0.500. The van der Waals surface area contributed by atoms with Crippen LogP contribution in [-0.4, -0.2) is 49.3 Å². The number of nitrogens with one attached hydrogen (secondary N) is 1. The smallest absolute Gasteiger partial charge is 0.192 e. The second-order valence-corrected chi connectivity index (χ2v) is 4.80. The van der Waals surface area contributed by atoms with E-state index in [1.165, 1.54) is 0 Å². The van der Waals surface area contributed by atoms with Gasteiger partial charge in [-0.25, -0.2) is 4.98 Å². The van der Waals surface area contributed by atoms with E-state index in [2.05, 4.69) is 15.2 Å². The molecule has 0 bridgehead atoms. The first-order chi connectivity index (χ1) is 9.31. The van der Waals surface area contributed by atoms with Crippen LogP contribution in [0.25, 0.3) is 11.1 Å². The molecule has 1 fully saturated rings. The van der Waals surface area contributed by atoms with Crippen molar-refractivity contribution in [1.82, 2.24) is 9.88 Å². The SMILES string of the molecule is Cc1nc2cc(NCCN3CCOCC3)ccc2o1. The van der Waals surface area contributed by atoms with Gasteiger partial charge < -0.3 is 14.5 Å². The molecule has 5 nitrogen and oxygen atoms in total. The lowest BCUT2D eigenvalue weighted by Gasteiger charge is -2.26. The highest BCUT2D eigenvalue weighted by molar-refractivity contribution is 5.77. The molecule has 1 aromatic carbocycles. The average molecular weight is 261 g/mol. The zero-order chi connectivity index (χ0) is 13.1. The van der Waals surface area contributed by atoms with Crippen LogP contribution in [0.15, 0.2) is 22.6 Å². The van der Waals surface area contributed by atoms with E-state index in [1.54, 1.807) is 0 Å². The van der Waals surface area contributed by atoms with Crippen molar-refractivity contribution in [3.05, 3.63) is 24.1 Å². The maximum atomic E-state index is 5.46. The Morgan fingerprint density at radius 3 is 3.00 bits per heavy atom. The standard InChI is InChI=1S/C14H19N3O2/c1-11-16-13-10-12(2-3-14(13)19-11)15-4-5-17-6-8-18-9-7-17/h2-3,10,15H,4-9H2,1H3. The van der Waals surface area contributed by atoms with Crippen LogP contribution in [0.4, 0.5) is 5.69 Å². The minimum Gasteiger partial charge on any atom is -0.441 e. The fourth-order valence-electron chi connectivity index (χ4n) is 2.34. The van der Waals surface area contributed by atoms with Gasteiger partial charge in [-0.2, -0.15) is 0 Å². The highest BCUT2D eigenvalue weighted by Gasteiger charge is 2.09. The van der Waals surface area contributed by atoms with Gasteiger partial charge in [-0.3, -0.25) is 4.90 Å². The minimum absolute atomic E-state index is 0.709. The minimum atomic E-state index is 0.709. The third-order valence-corrected chi connectivity index (χ3v) is 3.36. The summed E-state index contributed by atoms with van der Waals surface area (Å²) in [5.41, 5.74) is 2.85. The number of hydrogen-bond donors (Lipinski definition) is 1. The second-order valence-electron chi connectivity index (χ2n) is 4.80. The molecule has 19 heavy (non-hydrogen) atoms. The highest BCUT2D eigenvalue weighted by Crippen LogP contribution is 2.19. The van der Waals surface area contributed by atoms with E-state index in [4.69, 9.17) is 9.15 Å². The molecule has 2 heterocycles. The first-order valence-electron chi connectivity index (χ1n) is 6.72. The number of benzene rings is 1. The van der Waals surface area contributed by atoms with Crippen molar-refractivity contribution in [2.75, 3.05) is 44.7 Å². The summed E-state index contributed by atoms with van der Waals surface area (Å²) in [6, 6.07) is 6.03. The van der Waals surface area contributed by atoms with Crippen LogP contribution in [-0.2, 0) is 4.74 Å². The Morgan fingerprint density at radius 2 is 2.16 bits per heavy atom. The molecule has 102 valence electrons. The summed E-state index contributed by atoms with van der Waals surface area (Å²) < 4.78 is 10.8. The Morgan fingerprint density at radius 1 is 1.32 bits per heavy atom. The average Bonchev–Trinajstić information content (AvgIpc) is 2.79. The number of morpholine rings is 1. The Bertz CT molecular complexity index is 547. The van der Waals surface area contributed by atoms with Crippen LogP contribution in [0.5, 0.6) is 0 Å². The Hall–Kier alpha value is -1.59. The number of nitrogens with zero attached hydrogens (tertiary/aromatic N) is 2. The number of ether oxygens (including phenoxy) is 1. The molecule has 0 radical (unpaired) electrons. The molecule has 1 aliphatic heterocycles. The van der Waals surface area contributed by atoms with Crippen molar-refractivity contribution in [3.63, 3.8) is 0 Å². The third-order valence-electron chi connectivity index (χ3n) is 3.36. The van der Waals surface area contributed by atoms with Crippen molar-refractivity contribution < 1.29 is 9.15 Å². The summed E-state index contributed by atoms with van der Waals surface area (Å²) >= 11 is 0. The fourth-order valence-corrected chi connectivity index (χ4v) is 2.34. The van der Waals surface area contributed by atoms with E-state index in [0.29, 0.717) is 5.89 Å². The van der Waals surface area contributed by atoms with Crippen LogP contribution < -0.4 is 5.32 Å². The van der Waals surface area contributed by atoms with E-state index in [1.807, 2.05) is 25.1 Å². The summed E-state index contributed by atoms with van der Waals surface area (Å²) in [7, 11) is 0. The number of aromatic nitrogens is 1. The van der Waals surface area contributed by atoms with Gasteiger partial charge in [-0.1, -0.05) is 0 Å². The van der Waals surface area contributed by atoms with Crippen molar-refractivity contribution >= 4 is 16.8 Å². The highest BCUT2D eigenvalue weighted by atomic mass is 16.5. The third kappa shape index (κ3) is 3.05. The van der Waals surface area contributed by atoms with Crippen LogP contribution in [0.2, 0.25) is 0 Å². The molecule has 1 aromatic heterocycles. The zero-order valence-corrected chi connectivity index (χ0v) is 11.2. The maximum Gasteiger partial charge on any atom is 0.192 e. The predicted octanol–water partition coefficient (Wildman–Crippen LogP) is 1.88. The molecule has 5 heteroatoms. The van der Waals surface area contributed by atoms with Gasteiger partial charge in [0.1, 0.15) is 5.52 Å². The van der Waals surface area contributed by atoms with Gasteiger partial charge in [-0.15, -0.1) is 0 Å². The lowest BCUT2D eigenvalue weighted by Crippen LogP contribution is -2.38. The normalized spacial score (nSPS) is 16.9. The summed E-state index contributed by atoms with van der Waals surface area (Å²) in [6.45, 7) is 7.61. The van der Waals surface area contributed by atoms with Crippen LogP contribution in [0.3, 0.4) is 0 Å². The summed E-state index contributed by atoms with van der Waals surface area (Å²) in [6.07, 6.45) is 0. The number of rotatable bonds is 4. The first-order valence-corrected chi connectivity index (χ1v) is 6.72. The van der Waals surface area contributed by atoms with E-state index in [-0.39, 0.29) is 0 Å². The quantitative estimate of drug-likeness (QED) is 0.910. The number of aryl methyl sites for hydroxylation is 1. The molecule has 0 spiro atoms. The van der Waals surface area contributed by atoms with Crippen molar-refractivity contribution in [3.8, 4) is 0 Å². The molecule has 2 aromatic rings. The number of oxazole rings is 1. The topological polar surface area (TPSA) is 50.5 Å². The van der Waals surface area contributed by atoms with Gasteiger partial charge >= 0.3 is 0 Å². The van der Waals surface area contributed by atoms with Gasteiger partial charge in [-0.05, 0) is 18.2 Å². The molecular weight excluding hydrogens is 242 g/mol. The predicted molar refractivity (Wildman–Crippen MR) is 74.5 cm³/mol. The zero-order valence-electron chi connectivity index (χ0n) is 11.2. The van der Waals surface area contributed by atoms with Crippen molar-refractivity contribution in [2.45, 2.75) is 6.92 Å². The van der Waals surface area contributed by atoms with Gasteiger partial charge in [0, 0.05) is 38.8 Å². The largest absolute Gasteiger partial charge is 0.441 e. The van der Waals surface area contributed by atoms with Crippen LogP contribution in [0, 0.1) is 6.92 Å². The molecule has 0 saturated carbocycles. The maximum absolute atomic E-state index is 5.46. The van der Waals surface area contributed by atoms with Crippen LogP contribution in [0.1, 0.15) is 5.89 Å². The number of fused-ring (bicyclic) bond motifs is 1. The van der Waals surface area contributed by atoms with Gasteiger partial charge in [0.15, 0.2) is 11.5 Å². The molecule has 1 saturated heterocycles. The lowest BCUT2D eigenvalue weighted by molar-refractivity contribution is 0.0398. The monoisotopic (exact) mass is 261 g/mol. The Balaban J connectivity index is 1.55. The molecule has 3 rings (SSSR count). The summed E-state index contributed by atoms with van der Waals surface area (Å²) in [4.78, 5) is 6.75. The van der Waals surface area contributed by atoms with Gasteiger partial charge in [0.25, 0.3) is 0 Å². The molecule has 0 atom stereocenters. The molecular formula is C14H19N3O2. The summed E-state index contributed by atoms with van der Waals surface area (Å²) in [5, 5.41) is 3.43. The van der Waals surface area contributed by atoms with Crippen molar-refractivity contribution in [2.24, 2.45) is 0 Å². The molecule has 0 aliphatic carbocycles. The number of hydrogen-bond acceptors (Lipinski definition) is 5. The first kappa shape index (κ1) is 12.4. The Labute approximate surface area is 112 Å². The number of anilines is 1. The molecule has 0 amide bonds. The van der Waals surface area contributed by atoms with Crippen LogP contribution >= 0.6 is 0 Å². The van der Waals surface area contributed by atoms with Gasteiger partial charge in [0.05, 0.1) is 13.2 Å². The molecule has 0 unspecified atom stereocenters. The molecule has 1 N–H and O–H groups in total. The second kappa shape index (κ2) is 5.59. The Kier molecular flexibility index (Phi) is 3.66. The van der Waals surface area contributed by atoms with E-state index >= 15 is 0 Å². The van der Waals surface area contributed by atoms with E-state index in [0.717, 1.165) is 56.2 Å². The lowest BCUT2D eigenvalue weighted by atomic mass is 10.3. The van der Waals surface area contributed by atoms with Gasteiger partial charge in [0.2, 0.25) is 0 Å². The molecule has 1 aliphatic rings. The van der Waals surface area contributed by atoms with Crippen molar-refractivity contribution in [1.29, 1.82) is 0 Å². The summed E-state index contributed by atoms with van der Waals surface area (Å²) in [5.74, 6) is 0.709. The van der Waals surface area contributed by atoms with E-state index in [9.17, 15) is 0 Å².